The van der Waals surface area contributed by atoms with E-state index in [9.17, 15) is 14.7 Å². The van der Waals surface area contributed by atoms with Crippen LogP contribution in [0.4, 0.5) is 0 Å². The first-order valence-electron chi connectivity index (χ1n) is 15.2. The third-order valence-electron chi connectivity index (χ3n) is 8.21. The van der Waals surface area contributed by atoms with Crippen molar-refractivity contribution in [2.24, 2.45) is 0 Å². The van der Waals surface area contributed by atoms with Crippen molar-refractivity contribution < 1.29 is 33.8 Å². The van der Waals surface area contributed by atoms with Crippen LogP contribution in [0.1, 0.15) is 56.0 Å². The molecule has 1 saturated heterocycles. The fourth-order valence-electron chi connectivity index (χ4n) is 5.87. The molecule has 2 unspecified atom stereocenters. The lowest BCUT2D eigenvalue weighted by Gasteiger charge is -2.29. The minimum atomic E-state index is -0.840. The molecule has 3 aromatic rings. The first-order valence-corrected chi connectivity index (χ1v) is 15.2. The Morgan fingerprint density at radius 2 is 1.74 bits per heavy atom. The monoisotopic (exact) mass is 584 g/mol. The Morgan fingerprint density at radius 1 is 0.977 bits per heavy atom. The lowest BCUT2D eigenvalue weighted by atomic mass is 9.94. The fourth-order valence-corrected chi connectivity index (χ4v) is 5.87. The van der Waals surface area contributed by atoms with Crippen molar-refractivity contribution in [3.05, 3.63) is 94.6 Å². The van der Waals surface area contributed by atoms with Crippen LogP contribution in [0.25, 0.3) is 5.76 Å². The van der Waals surface area contributed by atoms with Crippen LogP contribution >= 0.6 is 0 Å². The van der Waals surface area contributed by atoms with Crippen LogP contribution in [0, 0.1) is 0 Å². The summed E-state index contributed by atoms with van der Waals surface area (Å²) in [6, 6.07) is 19.6. The van der Waals surface area contributed by atoms with Crippen molar-refractivity contribution in [2.75, 3.05) is 32.8 Å². The number of ether oxygens (including phenoxy) is 3. The molecule has 8 nitrogen and oxygen atoms in total. The number of rotatable bonds is 12. The molecule has 0 spiro atoms. The Kier molecular flexibility index (Phi) is 9.36. The zero-order valence-electron chi connectivity index (χ0n) is 25.4. The Labute approximate surface area is 253 Å². The lowest BCUT2D eigenvalue weighted by molar-refractivity contribution is -0.895. The van der Waals surface area contributed by atoms with E-state index in [4.69, 9.17) is 14.2 Å². The van der Waals surface area contributed by atoms with Crippen LogP contribution in [0.2, 0.25) is 0 Å². The number of nitrogens with zero attached hydrogens (tertiary/aromatic N) is 1. The van der Waals surface area contributed by atoms with Crippen LogP contribution in [0.5, 0.6) is 17.2 Å². The topological polar surface area (TPSA) is 92.6 Å². The highest BCUT2D eigenvalue weighted by Crippen LogP contribution is 2.42. The summed E-state index contributed by atoms with van der Waals surface area (Å²) in [4.78, 5) is 29.9. The number of likely N-dealkylation sites (N-methyl/N-ethyl adjacent to an activating group) is 1. The average Bonchev–Trinajstić information content (AvgIpc) is 3.52. The Bertz CT molecular complexity index is 1500. The molecule has 2 aliphatic rings. The van der Waals surface area contributed by atoms with Gasteiger partial charge in [0.1, 0.15) is 18.5 Å². The minimum absolute atomic E-state index is 0.0214. The first-order chi connectivity index (χ1) is 20.8. The maximum atomic E-state index is 14.1. The van der Waals surface area contributed by atoms with Gasteiger partial charge in [0.25, 0.3) is 5.91 Å². The summed E-state index contributed by atoms with van der Waals surface area (Å²) in [5, 5.41) is 14.1. The second-order valence-corrected chi connectivity index (χ2v) is 11.0. The lowest BCUT2D eigenvalue weighted by Crippen LogP contribution is -3.12. The van der Waals surface area contributed by atoms with Crippen molar-refractivity contribution in [3.63, 3.8) is 0 Å². The van der Waals surface area contributed by atoms with Gasteiger partial charge < -0.3 is 29.1 Å². The Hall–Kier alpha value is -4.30. The smallest absolute Gasteiger partial charge is 0.295 e. The van der Waals surface area contributed by atoms with Crippen LogP contribution in [0.15, 0.2) is 72.3 Å². The van der Waals surface area contributed by atoms with E-state index in [0.29, 0.717) is 55.4 Å². The third kappa shape index (κ3) is 6.39. The first kappa shape index (κ1) is 30.2. The maximum absolute atomic E-state index is 14.1. The molecule has 3 aromatic carbocycles. The summed E-state index contributed by atoms with van der Waals surface area (Å²) >= 11 is 0. The largest absolute Gasteiger partial charge is 0.872 e. The number of carbonyl (C=O) groups excluding carboxylic acids is 2. The number of fused-ring (bicyclic) bond motifs is 1. The van der Waals surface area contributed by atoms with Crippen LogP contribution in [-0.2, 0) is 22.6 Å². The van der Waals surface area contributed by atoms with E-state index in [0.717, 1.165) is 30.0 Å². The van der Waals surface area contributed by atoms with E-state index in [1.807, 2.05) is 50.2 Å². The number of quaternary nitrogens is 1. The van der Waals surface area contributed by atoms with Gasteiger partial charge in [0.15, 0.2) is 11.5 Å². The third-order valence-corrected chi connectivity index (χ3v) is 8.21. The summed E-state index contributed by atoms with van der Waals surface area (Å²) < 4.78 is 17.9. The van der Waals surface area contributed by atoms with Crippen molar-refractivity contribution in [1.29, 1.82) is 0 Å². The minimum Gasteiger partial charge on any atom is -0.872 e. The highest BCUT2D eigenvalue weighted by atomic mass is 16.5. The number of hydrogen-bond acceptors (Lipinski definition) is 6. The molecule has 2 atom stereocenters. The standard InChI is InChI=1S/C35H40N2O6/c1-5-36(6-2)17-18-37-32(25-13-16-29(30(21-25)41-7-3)42-22-24-11-9-8-10-12-24)31(34(39)35(37)40)33(38)26-14-15-28-27(20-26)19-23(4)43-28/h8-16,20-21,23,32,38H,5-7,17-19,22H2,1-4H3. The number of amides is 1. The van der Waals surface area contributed by atoms with Crippen molar-refractivity contribution >= 4 is 17.4 Å². The normalized spacial score (nSPS) is 19.0. The van der Waals surface area contributed by atoms with Crippen LogP contribution < -0.4 is 24.2 Å². The van der Waals surface area contributed by atoms with Gasteiger partial charge in [-0.25, -0.2) is 0 Å². The zero-order chi connectivity index (χ0) is 30.5. The summed E-state index contributed by atoms with van der Waals surface area (Å²) in [7, 11) is 0. The van der Waals surface area contributed by atoms with Crippen LogP contribution in [-0.4, -0.2) is 55.5 Å². The molecule has 1 amide bonds. The highest BCUT2D eigenvalue weighted by Gasteiger charge is 2.44. The number of carbonyl (C=O) groups is 2. The van der Waals surface area contributed by atoms with Gasteiger partial charge in [0.05, 0.1) is 38.8 Å². The van der Waals surface area contributed by atoms with Gasteiger partial charge in [-0.1, -0.05) is 48.2 Å². The summed E-state index contributed by atoms with van der Waals surface area (Å²) in [6.07, 6.45) is 0.705. The quantitative estimate of drug-likeness (QED) is 0.200. The molecule has 0 saturated carbocycles. The van der Waals surface area contributed by atoms with E-state index in [-0.39, 0.29) is 11.7 Å². The fraction of sp³-hybridized carbons (Fsp3) is 0.371. The molecule has 226 valence electrons. The predicted octanol–water partition coefficient (Wildman–Crippen LogP) is 3.14. The molecule has 1 N–H and O–H groups in total. The maximum Gasteiger partial charge on any atom is 0.295 e. The predicted molar refractivity (Wildman–Crippen MR) is 162 cm³/mol. The molecule has 43 heavy (non-hydrogen) atoms. The van der Waals surface area contributed by atoms with Crippen molar-refractivity contribution in [1.82, 2.24) is 4.90 Å². The summed E-state index contributed by atoms with van der Waals surface area (Å²) in [5.74, 6) is -0.0590. The second kappa shape index (κ2) is 13.3. The van der Waals surface area contributed by atoms with Crippen molar-refractivity contribution in [3.8, 4) is 17.2 Å². The van der Waals surface area contributed by atoms with Gasteiger partial charge in [-0.15, -0.1) is 0 Å². The van der Waals surface area contributed by atoms with E-state index in [1.54, 1.807) is 35.2 Å². The number of likely N-dealkylation sites (tertiary alicyclic amines) is 1. The van der Waals surface area contributed by atoms with Gasteiger partial charge in [0.2, 0.25) is 5.78 Å². The molecular formula is C35H40N2O6. The van der Waals surface area contributed by atoms with E-state index in [2.05, 4.69) is 13.8 Å². The molecule has 5 rings (SSSR count). The van der Waals surface area contributed by atoms with E-state index < -0.39 is 23.5 Å². The molecular weight excluding hydrogens is 544 g/mol. The summed E-state index contributed by atoms with van der Waals surface area (Å²) in [6.45, 7) is 11.6. The molecule has 2 heterocycles. The Morgan fingerprint density at radius 3 is 2.47 bits per heavy atom. The van der Waals surface area contributed by atoms with Gasteiger partial charge >= 0.3 is 0 Å². The molecule has 2 aliphatic heterocycles. The van der Waals surface area contributed by atoms with E-state index >= 15 is 0 Å². The number of nitrogens with one attached hydrogen (secondary N) is 1. The van der Waals surface area contributed by atoms with Gasteiger partial charge in [0, 0.05) is 12.0 Å². The second-order valence-electron chi connectivity index (χ2n) is 11.0. The SMILES string of the molecule is CCOc1cc(C2C(=C([O-])c3ccc4c(c3)CC(C)O4)C(=O)C(=O)N2CC[NH+](CC)CC)ccc1OCc1ccccc1. The molecule has 1 fully saturated rings. The van der Waals surface area contributed by atoms with Crippen LogP contribution in [0.3, 0.4) is 0 Å². The van der Waals surface area contributed by atoms with Gasteiger partial charge in [-0.05, 0) is 74.2 Å². The average molecular weight is 585 g/mol. The number of Topliss-reactive ketones (excluding diaryl/α,β-unsaturated/α-hetero) is 1. The molecule has 0 aromatic heterocycles. The molecule has 0 aliphatic carbocycles. The molecule has 0 bridgehead atoms. The number of hydrogen-bond donors (Lipinski definition) is 1. The molecule has 8 heteroatoms. The zero-order valence-corrected chi connectivity index (χ0v) is 25.4. The number of benzene rings is 3. The van der Waals surface area contributed by atoms with E-state index in [1.165, 1.54) is 4.90 Å². The van der Waals surface area contributed by atoms with Crippen molar-refractivity contribution in [2.45, 2.75) is 52.9 Å². The van der Waals surface area contributed by atoms with Gasteiger partial charge in [-0.2, -0.15) is 0 Å². The summed E-state index contributed by atoms with van der Waals surface area (Å²) in [5.41, 5.74) is 2.91. The van der Waals surface area contributed by atoms with Gasteiger partial charge in [-0.3, -0.25) is 9.59 Å². The highest BCUT2D eigenvalue weighted by molar-refractivity contribution is 6.46. The molecule has 0 radical (unpaired) electrons. The Balaban J connectivity index is 1.55. The number of ketones is 1.